The normalized spacial score (nSPS) is 12.1. The van der Waals surface area contributed by atoms with E-state index in [-0.39, 0.29) is 10.8 Å². The maximum Gasteiger partial charge on any atom is 0.122 e. The highest BCUT2D eigenvalue weighted by atomic mass is 16.5. The molecular formula is C25H36O2. The minimum Gasteiger partial charge on any atom is -0.490 e. The van der Waals surface area contributed by atoms with Gasteiger partial charge in [-0.15, -0.1) is 0 Å². The lowest BCUT2D eigenvalue weighted by atomic mass is 9.80. The lowest BCUT2D eigenvalue weighted by Crippen LogP contribution is -2.17. The Hall–Kier alpha value is -1.96. The second-order valence-electron chi connectivity index (χ2n) is 9.14. The quantitative estimate of drug-likeness (QED) is 0.503. The molecule has 0 bridgehead atoms. The summed E-state index contributed by atoms with van der Waals surface area (Å²) >= 11 is 0. The van der Waals surface area contributed by atoms with Crippen LogP contribution in [0.5, 0.6) is 11.5 Å². The summed E-state index contributed by atoms with van der Waals surface area (Å²) in [6, 6.07) is 12.7. The van der Waals surface area contributed by atoms with Gasteiger partial charge in [0.25, 0.3) is 0 Å². The second-order valence-corrected chi connectivity index (χ2v) is 9.14. The Morgan fingerprint density at radius 2 is 1.15 bits per heavy atom. The van der Waals surface area contributed by atoms with Gasteiger partial charge in [0.15, 0.2) is 0 Å². The van der Waals surface area contributed by atoms with Gasteiger partial charge in [0, 0.05) is 0 Å². The van der Waals surface area contributed by atoms with Gasteiger partial charge in [0.2, 0.25) is 0 Å². The van der Waals surface area contributed by atoms with E-state index in [0.29, 0.717) is 13.2 Å². The lowest BCUT2D eigenvalue weighted by molar-refractivity contribution is 0.217. The van der Waals surface area contributed by atoms with Gasteiger partial charge in [0.1, 0.15) is 24.7 Å². The first-order valence-electron chi connectivity index (χ1n) is 10.0. The highest BCUT2D eigenvalue weighted by molar-refractivity contribution is 5.39. The van der Waals surface area contributed by atoms with Crippen molar-refractivity contribution in [1.29, 1.82) is 0 Å². The third-order valence-electron chi connectivity index (χ3n) is 5.44. The molecule has 2 aromatic carbocycles. The predicted octanol–water partition coefficient (Wildman–Crippen LogP) is 6.75. The van der Waals surface area contributed by atoms with Gasteiger partial charge in [-0.05, 0) is 77.6 Å². The molecule has 0 radical (unpaired) electrons. The van der Waals surface area contributed by atoms with Crippen molar-refractivity contribution < 1.29 is 9.47 Å². The zero-order chi connectivity index (χ0) is 20.2. The van der Waals surface area contributed by atoms with Crippen molar-refractivity contribution in [3.8, 4) is 11.5 Å². The van der Waals surface area contributed by atoms with E-state index >= 15 is 0 Å². The third-order valence-corrected chi connectivity index (χ3v) is 5.44. The lowest BCUT2D eigenvalue weighted by Gasteiger charge is -2.25. The number of hydrogen-bond acceptors (Lipinski definition) is 2. The Morgan fingerprint density at radius 3 is 1.52 bits per heavy atom. The highest BCUT2D eigenvalue weighted by Gasteiger charge is 2.20. The standard InChI is InChI=1S/C25H36O2/c1-9-25(7,8)23-13-11-21(17-19(23)3)27-15-14-26-20-10-12-22(18(2)16-20)24(4,5)6/h10-13,16-17H,9,14-15H2,1-8H3. The molecule has 0 saturated carbocycles. The van der Waals surface area contributed by atoms with Crippen molar-refractivity contribution in [2.75, 3.05) is 13.2 Å². The number of aryl methyl sites for hydroxylation is 2. The molecule has 2 nitrogen and oxygen atoms in total. The molecule has 0 aliphatic carbocycles. The van der Waals surface area contributed by atoms with Crippen LogP contribution in [0.3, 0.4) is 0 Å². The summed E-state index contributed by atoms with van der Waals surface area (Å²) in [5, 5.41) is 0. The largest absolute Gasteiger partial charge is 0.490 e. The van der Waals surface area contributed by atoms with Crippen molar-refractivity contribution in [2.45, 2.75) is 72.6 Å². The van der Waals surface area contributed by atoms with Gasteiger partial charge < -0.3 is 9.47 Å². The Bertz CT molecular complexity index is 766. The predicted molar refractivity (Wildman–Crippen MR) is 115 cm³/mol. The van der Waals surface area contributed by atoms with E-state index in [4.69, 9.17) is 9.47 Å². The maximum absolute atomic E-state index is 5.89. The molecule has 0 aliphatic rings. The van der Waals surface area contributed by atoms with Crippen LogP contribution >= 0.6 is 0 Å². The molecule has 0 N–H and O–H groups in total. The number of benzene rings is 2. The summed E-state index contributed by atoms with van der Waals surface area (Å²) in [7, 11) is 0. The summed E-state index contributed by atoms with van der Waals surface area (Å²) < 4.78 is 11.8. The summed E-state index contributed by atoms with van der Waals surface area (Å²) in [6.45, 7) is 18.9. The van der Waals surface area contributed by atoms with Gasteiger partial charge in [-0.2, -0.15) is 0 Å². The molecule has 2 aromatic rings. The Morgan fingerprint density at radius 1 is 0.704 bits per heavy atom. The van der Waals surface area contributed by atoms with Gasteiger partial charge in [-0.3, -0.25) is 0 Å². The van der Waals surface area contributed by atoms with Gasteiger partial charge in [0.05, 0.1) is 0 Å². The molecule has 2 heteroatoms. The summed E-state index contributed by atoms with van der Waals surface area (Å²) in [6.07, 6.45) is 1.12. The molecule has 0 unspecified atom stereocenters. The van der Waals surface area contributed by atoms with E-state index in [1.807, 2.05) is 0 Å². The SMILES string of the molecule is CCC(C)(C)c1ccc(OCCOc2ccc(C(C)(C)C)c(C)c2)cc1C. The van der Waals surface area contributed by atoms with Crippen molar-refractivity contribution in [3.63, 3.8) is 0 Å². The Kier molecular flexibility index (Phi) is 6.62. The summed E-state index contributed by atoms with van der Waals surface area (Å²) in [4.78, 5) is 0. The van der Waals surface area contributed by atoms with E-state index in [0.717, 1.165) is 17.9 Å². The summed E-state index contributed by atoms with van der Waals surface area (Å²) in [5.74, 6) is 1.81. The second kappa shape index (κ2) is 8.37. The number of ether oxygens (including phenoxy) is 2. The van der Waals surface area contributed by atoms with Crippen molar-refractivity contribution in [3.05, 3.63) is 58.7 Å². The highest BCUT2D eigenvalue weighted by Crippen LogP contribution is 2.31. The fourth-order valence-corrected chi connectivity index (χ4v) is 3.56. The molecule has 2 rings (SSSR count). The van der Waals surface area contributed by atoms with Crippen LogP contribution in [0.2, 0.25) is 0 Å². The van der Waals surface area contributed by atoms with Gasteiger partial charge in [-0.1, -0.05) is 53.7 Å². The summed E-state index contributed by atoms with van der Waals surface area (Å²) in [5.41, 5.74) is 5.66. The van der Waals surface area contributed by atoms with Crippen molar-refractivity contribution >= 4 is 0 Å². The first kappa shape index (κ1) is 21.3. The number of rotatable bonds is 7. The average molecular weight is 369 g/mol. The zero-order valence-corrected chi connectivity index (χ0v) is 18.4. The van der Waals surface area contributed by atoms with Gasteiger partial charge in [-0.25, -0.2) is 0 Å². The molecule has 0 aliphatic heterocycles. The Labute approximate surface area is 165 Å². The zero-order valence-electron chi connectivity index (χ0n) is 18.4. The van der Waals surface area contributed by atoms with Crippen LogP contribution in [0, 0.1) is 13.8 Å². The van der Waals surface area contributed by atoms with E-state index in [1.54, 1.807) is 0 Å². The van der Waals surface area contributed by atoms with Crippen LogP contribution in [0.25, 0.3) is 0 Å². The first-order chi connectivity index (χ1) is 12.5. The molecular weight excluding hydrogens is 332 g/mol. The van der Waals surface area contributed by atoms with Crippen LogP contribution in [0.15, 0.2) is 36.4 Å². The molecule has 0 spiro atoms. The van der Waals surface area contributed by atoms with Gasteiger partial charge >= 0.3 is 0 Å². The van der Waals surface area contributed by atoms with E-state index in [9.17, 15) is 0 Å². The average Bonchev–Trinajstić information content (AvgIpc) is 2.57. The van der Waals surface area contributed by atoms with E-state index < -0.39 is 0 Å². The molecule has 0 heterocycles. The molecule has 0 aromatic heterocycles. The van der Waals surface area contributed by atoms with E-state index in [1.165, 1.54) is 22.3 Å². The molecule has 0 saturated heterocycles. The van der Waals surface area contributed by atoms with Crippen molar-refractivity contribution in [2.24, 2.45) is 0 Å². The van der Waals surface area contributed by atoms with Crippen LogP contribution in [-0.4, -0.2) is 13.2 Å². The third kappa shape index (κ3) is 5.51. The monoisotopic (exact) mass is 368 g/mol. The maximum atomic E-state index is 5.89. The minimum absolute atomic E-state index is 0.155. The Balaban J connectivity index is 1.90. The molecule has 0 atom stereocenters. The van der Waals surface area contributed by atoms with Crippen LogP contribution in [0.4, 0.5) is 0 Å². The fraction of sp³-hybridized carbons (Fsp3) is 0.520. The first-order valence-corrected chi connectivity index (χ1v) is 10.0. The molecule has 148 valence electrons. The van der Waals surface area contributed by atoms with Crippen LogP contribution in [-0.2, 0) is 10.8 Å². The molecule has 0 amide bonds. The fourth-order valence-electron chi connectivity index (χ4n) is 3.56. The molecule has 0 fully saturated rings. The minimum atomic E-state index is 0.155. The van der Waals surface area contributed by atoms with E-state index in [2.05, 4.69) is 91.8 Å². The topological polar surface area (TPSA) is 18.5 Å². The van der Waals surface area contributed by atoms with Crippen LogP contribution in [0.1, 0.15) is 70.2 Å². The van der Waals surface area contributed by atoms with Crippen molar-refractivity contribution in [1.82, 2.24) is 0 Å². The van der Waals surface area contributed by atoms with Crippen LogP contribution < -0.4 is 9.47 Å². The number of hydrogen-bond donors (Lipinski definition) is 0. The smallest absolute Gasteiger partial charge is 0.122 e. The molecule has 27 heavy (non-hydrogen) atoms.